The Morgan fingerprint density at radius 3 is 2.88 bits per heavy atom. The Labute approximate surface area is 152 Å². The van der Waals surface area contributed by atoms with E-state index in [9.17, 15) is 4.79 Å². The standard InChI is InChI=1S/C20H22ClNO3/c21-18-8-6-15(20(23)24)12-17(18)19-9-7-16(25-19)13-22-11-10-14-4-2-1-3-5-14/h4,6-9,12,22H,1-3,5,10-11,13H2,(H,23,24). The van der Waals surface area contributed by atoms with Gasteiger partial charge in [0.1, 0.15) is 11.5 Å². The van der Waals surface area contributed by atoms with E-state index in [0.717, 1.165) is 18.7 Å². The molecular formula is C20H22ClNO3. The van der Waals surface area contributed by atoms with Crippen molar-refractivity contribution in [2.45, 2.75) is 38.6 Å². The van der Waals surface area contributed by atoms with Crippen LogP contribution in [-0.2, 0) is 6.54 Å². The zero-order valence-corrected chi connectivity index (χ0v) is 14.8. The fraction of sp³-hybridized carbons (Fsp3) is 0.350. The van der Waals surface area contributed by atoms with Gasteiger partial charge in [0.15, 0.2) is 0 Å². The Hall–Kier alpha value is -2.04. The molecule has 2 aromatic rings. The molecular weight excluding hydrogens is 338 g/mol. The lowest BCUT2D eigenvalue weighted by molar-refractivity contribution is 0.0697. The van der Waals surface area contributed by atoms with Crippen molar-refractivity contribution in [1.29, 1.82) is 0 Å². The first-order valence-corrected chi connectivity index (χ1v) is 9.02. The third kappa shape index (κ3) is 4.74. The second-order valence-electron chi connectivity index (χ2n) is 6.30. The number of aromatic carboxylic acids is 1. The number of hydrogen-bond donors (Lipinski definition) is 2. The summed E-state index contributed by atoms with van der Waals surface area (Å²) in [6.45, 7) is 1.57. The highest BCUT2D eigenvalue weighted by atomic mass is 35.5. The average Bonchev–Trinajstić information content (AvgIpc) is 3.08. The number of rotatable bonds is 7. The second kappa shape index (κ2) is 8.37. The maximum absolute atomic E-state index is 11.1. The van der Waals surface area contributed by atoms with E-state index in [1.54, 1.807) is 11.6 Å². The topological polar surface area (TPSA) is 62.5 Å². The summed E-state index contributed by atoms with van der Waals surface area (Å²) < 4.78 is 5.82. The van der Waals surface area contributed by atoms with Crippen molar-refractivity contribution in [2.75, 3.05) is 6.54 Å². The number of carboxylic acids is 1. The van der Waals surface area contributed by atoms with Crippen molar-refractivity contribution in [2.24, 2.45) is 0 Å². The average molecular weight is 360 g/mol. The summed E-state index contributed by atoms with van der Waals surface area (Å²) in [5, 5.41) is 13.0. The molecule has 0 spiro atoms. The summed E-state index contributed by atoms with van der Waals surface area (Å²) >= 11 is 6.18. The Morgan fingerprint density at radius 2 is 2.12 bits per heavy atom. The fourth-order valence-corrected chi connectivity index (χ4v) is 3.27. The molecule has 0 atom stereocenters. The third-order valence-corrected chi connectivity index (χ3v) is 4.78. The Morgan fingerprint density at radius 1 is 1.24 bits per heavy atom. The lowest BCUT2D eigenvalue weighted by atomic mass is 9.97. The van der Waals surface area contributed by atoms with Crippen LogP contribution in [0.3, 0.4) is 0 Å². The van der Waals surface area contributed by atoms with Crippen molar-refractivity contribution >= 4 is 17.6 Å². The van der Waals surface area contributed by atoms with Crippen molar-refractivity contribution in [3.8, 4) is 11.3 Å². The zero-order chi connectivity index (χ0) is 17.6. The van der Waals surface area contributed by atoms with Crippen molar-refractivity contribution in [3.05, 3.63) is 58.3 Å². The van der Waals surface area contributed by atoms with Gasteiger partial charge >= 0.3 is 5.97 Å². The summed E-state index contributed by atoms with van der Waals surface area (Å²) in [5.74, 6) is 0.410. The highest BCUT2D eigenvalue weighted by Gasteiger charge is 2.12. The van der Waals surface area contributed by atoms with E-state index in [2.05, 4.69) is 11.4 Å². The van der Waals surface area contributed by atoms with E-state index in [4.69, 9.17) is 21.1 Å². The first kappa shape index (κ1) is 17.8. The van der Waals surface area contributed by atoms with Gasteiger partial charge in [-0.05, 0) is 69.0 Å². The predicted octanol–water partition coefficient (Wildman–Crippen LogP) is 5.28. The van der Waals surface area contributed by atoms with Gasteiger partial charge in [0.25, 0.3) is 0 Å². The van der Waals surface area contributed by atoms with Gasteiger partial charge in [-0.2, -0.15) is 0 Å². The van der Waals surface area contributed by atoms with Crippen LogP contribution in [0.4, 0.5) is 0 Å². The smallest absolute Gasteiger partial charge is 0.335 e. The molecule has 3 rings (SSSR count). The molecule has 0 saturated carbocycles. The van der Waals surface area contributed by atoms with Crippen LogP contribution in [0.25, 0.3) is 11.3 Å². The van der Waals surface area contributed by atoms with E-state index in [1.165, 1.54) is 37.8 Å². The first-order chi connectivity index (χ1) is 12.1. The molecule has 1 aliphatic rings. The molecule has 4 nitrogen and oxygen atoms in total. The summed E-state index contributed by atoms with van der Waals surface area (Å²) in [7, 11) is 0. The minimum Gasteiger partial charge on any atom is -0.478 e. The van der Waals surface area contributed by atoms with Gasteiger partial charge in [-0.1, -0.05) is 23.3 Å². The quantitative estimate of drug-likeness (QED) is 0.521. The van der Waals surface area contributed by atoms with E-state index in [-0.39, 0.29) is 5.56 Å². The third-order valence-electron chi connectivity index (χ3n) is 4.45. The maximum Gasteiger partial charge on any atom is 0.335 e. The van der Waals surface area contributed by atoms with E-state index < -0.39 is 5.97 Å². The fourth-order valence-electron chi connectivity index (χ4n) is 3.06. The van der Waals surface area contributed by atoms with Gasteiger partial charge in [0, 0.05) is 5.56 Å². The zero-order valence-electron chi connectivity index (χ0n) is 14.1. The maximum atomic E-state index is 11.1. The molecule has 0 aliphatic heterocycles. The molecule has 25 heavy (non-hydrogen) atoms. The minimum atomic E-state index is -0.983. The van der Waals surface area contributed by atoms with Crippen LogP contribution in [0.15, 0.2) is 46.4 Å². The number of allylic oxidation sites excluding steroid dienone is 1. The van der Waals surface area contributed by atoms with Gasteiger partial charge < -0.3 is 14.8 Å². The molecule has 0 amide bonds. The molecule has 2 N–H and O–H groups in total. The van der Waals surface area contributed by atoms with Crippen LogP contribution in [-0.4, -0.2) is 17.6 Å². The number of carbonyl (C=O) groups is 1. The summed E-state index contributed by atoms with van der Waals surface area (Å²) in [6, 6.07) is 8.33. The molecule has 0 fully saturated rings. The van der Waals surface area contributed by atoms with E-state index in [1.807, 2.05) is 12.1 Å². The van der Waals surface area contributed by atoms with Crippen molar-refractivity contribution in [1.82, 2.24) is 5.32 Å². The van der Waals surface area contributed by atoms with Crippen LogP contribution in [0.1, 0.15) is 48.2 Å². The van der Waals surface area contributed by atoms with Gasteiger partial charge in [-0.3, -0.25) is 0 Å². The molecule has 1 aliphatic carbocycles. The van der Waals surface area contributed by atoms with Crippen LogP contribution >= 0.6 is 11.6 Å². The van der Waals surface area contributed by atoms with Crippen LogP contribution in [0.5, 0.6) is 0 Å². The normalized spacial score (nSPS) is 14.4. The number of nitrogens with one attached hydrogen (secondary N) is 1. The highest BCUT2D eigenvalue weighted by Crippen LogP contribution is 2.30. The summed E-state index contributed by atoms with van der Waals surface area (Å²) in [5.41, 5.74) is 2.34. The van der Waals surface area contributed by atoms with Crippen LogP contribution in [0.2, 0.25) is 5.02 Å². The molecule has 1 aromatic carbocycles. The number of hydrogen-bond acceptors (Lipinski definition) is 3. The summed E-state index contributed by atoms with van der Waals surface area (Å²) in [4.78, 5) is 11.1. The number of furan rings is 1. The Bertz CT molecular complexity index is 779. The molecule has 0 unspecified atom stereocenters. The Balaban J connectivity index is 1.58. The van der Waals surface area contributed by atoms with Crippen LogP contribution in [0, 0.1) is 0 Å². The lowest BCUT2D eigenvalue weighted by Crippen LogP contribution is -2.15. The molecule has 1 aromatic heterocycles. The van der Waals surface area contributed by atoms with Gasteiger partial charge in [-0.15, -0.1) is 0 Å². The van der Waals surface area contributed by atoms with Gasteiger partial charge in [-0.25, -0.2) is 4.79 Å². The molecule has 0 bridgehead atoms. The predicted molar refractivity (Wildman–Crippen MR) is 99.0 cm³/mol. The molecule has 5 heteroatoms. The van der Waals surface area contributed by atoms with Crippen molar-refractivity contribution < 1.29 is 14.3 Å². The van der Waals surface area contributed by atoms with Crippen LogP contribution < -0.4 is 5.32 Å². The van der Waals surface area contributed by atoms with Crippen molar-refractivity contribution in [3.63, 3.8) is 0 Å². The largest absolute Gasteiger partial charge is 0.478 e. The monoisotopic (exact) mass is 359 g/mol. The molecule has 0 saturated heterocycles. The minimum absolute atomic E-state index is 0.191. The molecule has 0 radical (unpaired) electrons. The first-order valence-electron chi connectivity index (χ1n) is 8.64. The molecule has 132 valence electrons. The number of benzene rings is 1. The highest BCUT2D eigenvalue weighted by molar-refractivity contribution is 6.33. The summed E-state index contributed by atoms with van der Waals surface area (Å²) in [6.07, 6.45) is 8.52. The second-order valence-corrected chi connectivity index (χ2v) is 6.71. The van der Waals surface area contributed by atoms with Gasteiger partial charge in [0.2, 0.25) is 0 Å². The van der Waals surface area contributed by atoms with E-state index >= 15 is 0 Å². The number of halogens is 1. The lowest BCUT2D eigenvalue weighted by Gasteiger charge is -2.12. The molecule has 1 heterocycles. The van der Waals surface area contributed by atoms with E-state index in [0.29, 0.717) is 22.9 Å². The van der Waals surface area contributed by atoms with Gasteiger partial charge in [0.05, 0.1) is 17.1 Å². The Kier molecular flexibility index (Phi) is 5.95. The number of carboxylic acid groups (broad SMARTS) is 1. The SMILES string of the molecule is O=C(O)c1ccc(Cl)c(-c2ccc(CNCCC3=CCCCC3)o2)c1.